The minimum atomic E-state index is -0.907. The van der Waals surface area contributed by atoms with E-state index in [2.05, 4.69) is 4.98 Å². The van der Waals surface area contributed by atoms with Crippen LogP contribution < -0.4 is 0 Å². The Kier molecular flexibility index (Phi) is 4.79. The maximum Gasteiger partial charge on any atom is 0.309 e. The molecule has 0 saturated carbocycles. The van der Waals surface area contributed by atoms with Gasteiger partial charge in [-0.3, -0.25) is 4.79 Å². The molecule has 2 aromatic rings. The Balaban J connectivity index is 2.00. The van der Waals surface area contributed by atoms with Crippen LogP contribution in [0.3, 0.4) is 0 Å². The predicted molar refractivity (Wildman–Crippen MR) is 74.4 cm³/mol. The van der Waals surface area contributed by atoms with Crippen molar-refractivity contribution in [2.45, 2.75) is 16.5 Å². The summed E-state index contributed by atoms with van der Waals surface area (Å²) in [6.45, 7) is 0. The van der Waals surface area contributed by atoms with E-state index >= 15 is 0 Å². The summed E-state index contributed by atoms with van der Waals surface area (Å²) in [4.78, 5) is 14.7. The number of halogens is 2. The second-order valence-electron chi connectivity index (χ2n) is 3.68. The minimum Gasteiger partial charge on any atom is -0.481 e. The van der Waals surface area contributed by atoms with E-state index in [0.29, 0.717) is 17.0 Å². The average molecular weight is 318 g/mol. The van der Waals surface area contributed by atoms with Crippen molar-refractivity contribution >= 4 is 40.7 Å². The topological polar surface area (TPSA) is 50.2 Å². The first-order valence-electron chi connectivity index (χ1n) is 5.28. The van der Waals surface area contributed by atoms with Gasteiger partial charge < -0.3 is 5.11 Å². The van der Waals surface area contributed by atoms with Crippen LogP contribution >= 0.6 is 34.7 Å². The van der Waals surface area contributed by atoms with Crippen LogP contribution in [-0.4, -0.2) is 16.1 Å². The van der Waals surface area contributed by atoms with E-state index in [1.807, 2.05) is 0 Å². The number of carbonyl (C=O) groups is 1. The molecule has 100 valence electrons. The van der Waals surface area contributed by atoms with Crippen LogP contribution in [0.15, 0.2) is 27.9 Å². The van der Waals surface area contributed by atoms with Gasteiger partial charge in [-0.2, -0.15) is 0 Å². The first-order chi connectivity index (χ1) is 9.06. The lowest BCUT2D eigenvalue weighted by Crippen LogP contribution is -1.99. The zero-order valence-electron chi connectivity index (χ0n) is 9.60. The number of carboxylic acids is 1. The molecule has 0 spiro atoms. The van der Waals surface area contributed by atoms with E-state index in [1.165, 1.54) is 29.2 Å². The van der Waals surface area contributed by atoms with Gasteiger partial charge >= 0.3 is 5.97 Å². The number of thiazole rings is 1. The molecule has 0 aliphatic heterocycles. The number of rotatable bonds is 5. The van der Waals surface area contributed by atoms with Gasteiger partial charge in [-0.15, -0.1) is 11.3 Å². The molecule has 0 radical (unpaired) electrons. The van der Waals surface area contributed by atoms with Gasteiger partial charge in [0.05, 0.1) is 17.1 Å². The molecule has 1 aromatic heterocycles. The van der Waals surface area contributed by atoms with Crippen molar-refractivity contribution in [2.24, 2.45) is 0 Å². The Bertz CT molecular complexity index is 603. The Hall–Kier alpha value is -1.11. The molecule has 0 aliphatic carbocycles. The predicted octanol–water partition coefficient (Wildman–Crippen LogP) is 3.86. The molecule has 1 N–H and O–H groups in total. The molecule has 19 heavy (non-hydrogen) atoms. The van der Waals surface area contributed by atoms with Crippen LogP contribution in [0.5, 0.6) is 0 Å². The SMILES string of the molecule is O=C(O)Cc1csc(SCc2cccc(F)c2Cl)n1. The number of benzene rings is 1. The molecule has 0 atom stereocenters. The van der Waals surface area contributed by atoms with Gasteiger partial charge in [-0.05, 0) is 11.6 Å². The maximum atomic E-state index is 13.2. The van der Waals surface area contributed by atoms with Gasteiger partial charge in [-0.25, -0.2) is 9.37 Å². The molecule has 0 fully saturated rings. The summed E-state index contributed by atoms with van der Waals surface area (Å²) in [5.74, 6) is -0.850. The van der Waals surface area contributed by atoms with Crippen LogP contribution in [0.25, 0.3) is 0 Å². The summed E-state index contributed by atoms with van der Waals surface area (Å²) < 4.78 is 14.0. The Morgan fingerprint density at radius 1 is 1.53 bits per heavy atom. The first-order valence-corrected chi connectivity index (χ1v) is 7.52. The van der Waals surface area contributed by atoms with Crippen LogP contribution in [0.2, 0.25) is 5.02 Å². The van der Waals surface area contributed by atoms with Crippen molar-refractivity contribution in [1.82, 2.24) is 4.98 Å². The van der Waals surface area contributed by atoms with E-state index in [1.54, 1.807) is 17.5 Å². The van der Waals surface area contributed by atoms with Gasteiger partial charge in [0, 0.05) is 11.1 Å². The highest BCUT2D eigenvalue weighted by atomic mass is 35.5. The summed E-state index contributed by atoms with van der Waals surface area (Å²) >= 11 is 8.63. The van der Waals surface area contributed by atoms with Gasteiger partial charge in [0.25, 0.3) is 0 Å². The van der Waals surface area contributed by atoms with E-state index < -0.39 is 11.8 Å². The quantitative estimate of drug-likeness (QED) is 0.851. The van der Waals surface area contributed by atoms with E-state index in [4.69, 9.17) is 16.7 Å². The molecule has 1 aromatic carbocycles. The molecule has 3 nitrogen and oxygen atoms in total. The lowest BCUT2D eigenvalue weighted by atomic mass is 10.2. The van der Waals surface area contributed by atoms with Gasteiger partial charge in [0.2, 0.25) is 0 Å². The molecule has 0 aliphatic rings. The fourth-order valence-electron chi connectivity index (χ4n) is 1.39. The van der Waals surface area contributed by atoms with Crippen molar-refractivity contribution in [2.75, 3.05) is 0 Å². The lowest BCUT2D eigenvalue weighted by Gasteiger charge is -2.02. The second-order valence-corrected chi connectivity index (χ2v) is 6.14. The summed E-state index contributed by atoms with van der Waals surface area (Å²) in [6.07, 6.45) is -0.0855. The summed E-state index contributed by atoms with van der Waals surface area (Å²) in [5.41, 5.74) is 1.23. The highest BCUT2D eigenvalue weighted by molar-refractivity contribution is 8.00. The van der Waals surface area contributed by atoms with Crippen molar-refractivity contribution in [1.29, 1.82) is 0 Å². The Labute approximate surface area is 122 Å². The Morgan fingerprint density at radius 3 is 3.05 bits per heavy atom. The summed E-state index contributed by atoms with van der Waals surface area (Å²) in [5, 5.41) is 10.5. The maximum absolute atomic E-state index is 13.2. The third-order valence-corrected chi connectivity index (χ3v) is 4.79. The van der Waals surface area contributed by atoms with E-state index in [0.717, 1.165) is 4.34 Å². The lowest BCUT2D eigenvalue weighted by molar-refractivity contribution is -0.136. The van der Waals surface area contributed by atoms with Crippen molar-refractivity contribution < 1.29 is 14.3 Å². The number of aromatic nitrogens is 1. The highest BCUT2D eigenvalue weighted by Crippen LogP contribution is 2.30. The third kappa shape index (κ3) is 3.92. The van der Waals surface area contributed by atoms with Crippen LogP contribution in [0.1, 0.15) is 11.3 Å². The van der Waals surface area contributed by atoms with Gasteiger partial charge in [0.15, 0.2) is 0 Å². The average Bonchev–Trinajstić information content (AvgIpc) is 2.78. The largest absolute Gasteiger partial charge is 0.481 e. The first kappa shape index (κ1) is 14.3. The number of hydrogen-bond acceptors (Lipinski definition) is 4. The van der Waals surface area contributed by atoms with Gasteiger partial charge in [-0.1, -0.05) is 35.5 Å². The molecule has 0 amide bonds. The molecule has 0 bridgehead atoms. The molecule has 0 saturated heterocycles. The number of thioether (sulfide) groups is 1. The fourth-order valence-corrected chi connectivity index (χ4v) is 3.50. The smallest absolute Gasteiger partial charge is 0.309 e. The fraction of sp³-hybridized carbons (Fsp3) is 0.167. The van der Waals surface area contributed by atoms with E-state index in [9.17, 15) is 9.18 Å². The second kappa shape index (κ2) is 6.36. The standard InChI is InChI=1S/C12H9ClFNO2S2/c13-11-7(2-1-3-9(11)14)5-18-12-15-8(6-19-12)4-10(16)17/h1-3,6H,4-5H2,(H,16,17). The van der Waals surface area contributed by atoms with Crippen LogP contribution in [-0.2, 0) is 17.0 Å². The van der Waals surface area contributed by atoms with Crippen LogP contribution in [0, 0.1) is 5.82 Å². The molecule has 1 heterocycles. The summed E-state index contributed by atoms with van der Waals surface area (Å²) in [7, 11) is 0. The van der Waals surface area contributed by atoms with Crippen molar-refractivity contribution in [3.8, 4) is 0 Å². The number of aliphatic carboxylic acids is 1. The monoisotopic (exact) mass is 317 g/mol. The van der Waals surface area contributed by atoms with Crippen molar-refractivity contribution in [3.05, 3.63) is 45.7 Å². The number of hydrogen-bond donors (Lipinski definition) is 1. The minimum absolute atomic E-state index is 0.0855. The Morgan fingerprint density at radius 2 is 2.32 bits per heavy atom. The highest BCUT2D eigenvalue weighted by Gasteiger charge is 2.09. The third-order valence-electron chi connectivity index (χ3n) is 2.25. The van der Waals surface area contributed by atoms with Crippen molar-refractivity contribution in [3.63, 3.8) is 0 Å². The molecule has 2 rings (SSSR count). The number of carboxylic acid groups (broad SMARTS) is 1. The molecule has 0 unspecified atom stereocenters. The molecule has 7 heteroatoms. The zero-order valence-corrected chi connectivity index (χ0v) is 12.0. The van der Waals surface area contributed by atoms with E-state index in [-0.39, 0.29) is 11.4 Å². The van der Waals surface area contributed by atoms with Crippen LogP contribution in [0.4, 0.5) is 4.39 Å². The zero-order chi connectivity index (χ0) is 13.8. The van der Waals surface area contributed by atoms with Gasteiger partial charge in [0.1, 0.15) is 10.2 Å². The molecular weight excluding hydrogens is 309 g/mol. The summed E-state index contributed by atoms with van der Waals surface area (Å²) in [6, 6.07) is 4.67. The number of nitrogens with zero attached hydrogens (tertiary/aromatic N) is 1. The molecular formula is C12H9ClFNO2S2. The normalized spacial score (nSPS) is 10.6.